The van der Waals surface area contributed by atoms with Crippen LogP contribution in [0.3, 0.4) is 0 Å². The molecule has 1 amide bonds. The predicted molar refractivity (Wildman–Crippen MR) is 93.3 cm³/mol. The average molecular weight is 340 g/mol. The lowest BCUT2D eigenvalue weighted by Gasteiger charge is -2.24. The van der Waals surface area contributed by atoms with E-state index in [-0.39, 0.29) is 19.1 Å². The van der Waals surface area contributed by atoms with E-state index < -0.39 is 17.6 Å². The van der Waals surface area contributed by atoms with Crippen molar-refractivity contribution in [2.45, 2.75) is 18.4 Å². The van der Waals surface area contributed by atoms with Crippen molar-refractivity contribution < 1.29 is 19.4 Å². The monoisotopic (exact) mass is 340 g/mol. The molecule has 0 spiro atoms. The molecule has 6 heteroatoms. The molecule has 0 bridgehead atoms. The van der Waals surface area contributed by atoms with Crippen molar-refractivity contribution in [3.05, 3.63) is 59.7 Å². The molecular weight excluding hydrogens is 320 g/mol. The minimum atomic E-state index is -1.55. The standard InChI is InChI=1S/C19H20N2O4/c1-19(11-20,17(22)23)21-18(24)25-10-16-14-8-4-2-6-12(14)13-7-3-5-9-15(13)16/h2-9,16H,10-11,20H2,1H3,(H,21,24)(H,22,23)/t19-/m0/s1. The summed E-state index contributed by atoms with van der Waals surface area (Å²) in [7, 11) is 0. The second-order valence-corrected chi connectivity index (χ2v) is 6.29. The highest BCUT2D eigenvalue weighted by Gasteiger charge is 2.35. The second kappa shape index (κ2) is 6.57. The Morgan fingerprint density at radius 2 is 1.64 bits per heavy atom. The van der Waals surface area contributed by atoms with Crippen LogP contribution in [0.15, 0.2) is 48.5 Å². The van der Waals surface area contributed by atoms with Gasteiger partial charge in [-0.1, -0.05) is 48.5 Å². The first kappa shape index (κ1) is 17.0. The Hall–Kier alpha value is -2.86. The van der Waals surface area contributed by atoms with Crippen molar-refractivity contribution in [1.29, 1.82) is 0 Å². The van der Waals surface area contributed by atoms with Crippen molar-refractivity contribution in [1.82, 2.24) is 5.32 Å². The van der Waals surface area contributed by atoms with Gasteiger partial charge < -0.3 is 20.9 Å². The van der Waals surface area contributed by atoms with Crippen LogP contribution in [-0.4, -0.2) is 35.9 Å². The first-order valence-electron chi connectivity index (χ1n) is 8.03. The molecule has 0 fully saturated rings. The van der Waals surface area contributed by atoms with Gasteiger partial charge in [-0.3, -0.25) is 0 Å². The SMILES string of the molecule is C[C@@](CN)(NC(=O)OCC1c2ccccc2-c2ccccc21)C(=O)O. The number of carboxylic acids is 1. The number of fused-ring (bicyclic) bond motifs is 3. The molecule has 0 saturated carbocycles. The number of carbonyl (C=O) groups is 2. The van der Waals surface area contributed by atoms with E-state index >= 15 is 0 Å². The lowest BCUT2D eigenvalue weighted by molar-refractivity contribution is -0.143. The molecule has 2 aromatic rings. The molecule has 130 valence electrons. The third kappa shape index (κ3) is 3.08. The van der Waals surface area contributed by atoms with Gasteiger partial charge in [0.15, 0.2) is 0 Å². The van der Waals surface area contributed by atoms with E-state index in [1.807, 2.05) is 48.5 Å². The van der Waals surface area contributed by atoms with E-state index in [1.165, 1.54) is 6.92 Å². The lowest BCUT2D eigenvalue weighted by atomic mass is 9.98. The number of alkyl carbamates (subject to hydrolysis) is 1. The molecule has 4 N–H and O–H groups in total. The van der Waals surface area contributed by atoms with E-state index in [9.17, 15) is 14.7 Å². The number of aliphatic carboxylic acids is 1. The Labute approximate surface area is 145 Å². The number of amides is 1. The average Bonchev–Trinajstić information content (AvgIpc) is 2.94. The molecule has 0 heterocycles. The summed E-state index contributed by atoms with van der Waals surface area (Å²) in [6, 6.07) is 16.0. The molecule has 6 nitrogen and oxygen atoms in total. The third-order valence-corrected chi connectivity index (χ3v) is 4.60. The highest BCUT2D eigenvalue weighted by Crippen LogP contribution is 2.44. The summed E-state index contributed by atoms with van der Waals surface area (Å²) >= 11 is 0. The Balaban J connectivity index is 1.76. The lowest BCUT2D eigenvalue weighted by Crippen LogP contribution is -2.57. The summed E-state index contributed by atoms with van der Waals surface area (Å²) in [5.41, 5.74) is 8.34. The molecule has 25 heavy (non-hydrogen) atoms. The first-order chi connectivity index (χ1) is 12.0. The number of nitrogens with one attached hydrogen (secondary N) is 1. The summed E-state index contributed by atoms with van der Waals surface area (Å²) in [6.07, 6.45) is -0.794. The van der Waals surface area contributed by atoms with Gasteiger partial charge in [-0.2, -0.15) is 0 Å². The van der Waals surface area contributed by atoms with Crippen LogP contribution >= 0.6 is 0 Å². The van der Waals surface area contributed by atoms with Crippen LogP contribution in [0.1, 0.15) is 24.0 Å². The zero-order chi connectivity index (χ0) is 18.0. The third-order valence-electron chi connectivity index (χ3n) is 4.60. The van der Waals surface area contributed by atoms with E-state index in [1.54, 1.807) is 0 Å². The summed E-state index contributed by atoms with van der Waals surface area (Å²) in [6.45, 7) is 1.24. The van der Waals surface area contributed by atoms with Crippen LogP contribution in [-0.2, 0) is 9.53 Å². The maximum Gasteiger partial charge on any atom is 0.408 e. The van der Waals surface area contributed by atoms with E-state index in [2.05, 4.69) is 5.32 Å². The van der Waals surface area contributed by atoms with Crippen LogP contribution in [0.5, 0.6) is 0 Å². The van der Waals surface area contributed by atoms with Crippen LogP contribution in [0.4, 0.5) is 4.79 Å². The zero-order valence-electron chi connectivity index (χ0n) is 13.9. The molecule has 0 aliphatic heterocycles. The molecule has 0 aromatic heterocycles. The Morgan fingerprint density at radius 3 is 2.12 bits per heavy atom. The number of rotatable bonds is 5. The number of hydrogen-bond donors (Lipinski definition) is 3. The van der Waals surface area contributed by atoms with Gasteiger partial charge in [-0.25, -0.2) is 9.59 Å². The summed E-state index contributed by atoms with van der Waals surface area (Å²) in [4.78, 5) is 23.3. The van der Waals surface area contributed by atoms with Crippen molar-refractivity contribution in [3.63, 3.8) is 0 Å². The van der Waals surface area contributed by atoms with Crippen LogP contribution < -0.4 is 11.1 Å². The summed E-state index contributed by atoms with van der Waals surface area (Å²) < 4.78 is 5.32. The largest absolute Gasteiger partial charge is 0.479 e. The number of benzene rings is 2. The van der Waals surface area contributed by atoms with Crippen molar-refractivity contribution >= 4 is 12.1 Å². The molecule has 1 aliphatic rings. The Morgan fingerprint density at radius 1 is 1.12 bits per heavy atom. The quantitative estimate of drug-likeness (QED) is 0.775. The fourth-order valence-electron chi connectivity index (χ4n) is 3.05. The minimum Gasteiger partial charge on any atom is -0.479 e. The van der Waals surface area contributed by atoms with Crippen LogP contribution in [0, 0.1) is 0 Å². The van der Waals surface area contributed by atoms with Gasteiger partial charge in [0.25, 0.3) is 0 Å². The first-order valence-corrected chi connectivity index (χ1v) is 8.03. The fourth-order valence-corrected chi connectivity index (χ4v) is 3.05. The maximum atomic E-state index is 12.1. The normalized spacial score (nSPS) is 15.0. The van der Waals surface area contributed by atoms with Crippen molar-refractivity contribution in [3.8, 4) is 11.1 Å². The molecular formula is C19H20N2O4. The number of ether oxygens (including phenoxy) is 1. The van der Waals surface area contributed by atoms with Gasteiger partial charge in [-0.15, -0.1) is 0 Å². The second-order valence-electron chi connectivity index (χ2n) is 6.29. The highest BCUT2D eigenvalue weighted by molar-refractivity contribution is 5.84. The molecule has 1 aliphatic carbocycles. The molecule has 0 radical (unpaired) electrons. The number of carboxylic acid groups (broad SMARTS) is 1. The van der Waals surface area contributed by atoms with E-state index in [4.69, 9.17) is 10.5 Å². The topological polar surface area (TPSA) is 102 Å². The zero-order valence-corrected chi connectivity index (χ0v) is 13.9. The number of nitrogens with two attached hydrogens (primary N) is 1. The summed E-state index contributed by atoms with van der Waals surface area (Å²) in [5.74, 6) is -1.28. The van der Waals surface area contributed by atoms with Gasteiger partial charge in [-0.05, 0) is 29.2 Å². The van der Waals surface area contributed by atoms with Gasteiger partial charge in [0.2, 0.25) is 0 Å². The van der Waals surface area contributed by atoms with Crippen molar-refractivity contribution in [2.24, 2.45) is 5.73 Å². The fraction of sp³-hybridized carbons (Fsp3) is 0.263. The van der Waals surface area contributed by atoms with Gasteiger partial charge in [0.1, 0.15) is 12.1 Å². The summed E-state index contributed by atoms with van der Waals surface area (Å²) in [5, 5.41) is 11.5. The molecule has 1 atom stereocenters. The van der Waals surface area contributed by atoms with Gasteiger partial charge in [0.05, 0.1) is 0 Å². The number of carbonyl (C=O) groups excluding carboxylic acids is 1. The van der Waals surface area contributed by atoms with Crippen molar-refractivity contribution in [2.75, 3.05) is 13.2 Å². The van der Waals surface area contributed by atoms with E-state index in [0.29, 0.717) is 0 Å². The van der Waals surface area contributed by atoms with Gasteiger partial charge >= 0.3 is 12.1 Å². The minimum absolute atomic E-state index is 0.0767. The molecule has 0 saturated heterocycles. The predicted octanol–water partition coefficient (Wildman–Crippen LogP) is 2.33. The maximum absolute atomic E-state index is 12.1. The molecule has 2 aromatic carbocycles. The van der Waals surface area contributed by atoms with Gasteiger partial charge in [0, 0.05) is 12.5 Å². The van der Waals surface area contributed by atoms with Crippen LogP contribution in [0.2, 0.25) is 0 Å². The molecule has 3 rings (SSSR count). The van der Waals surface area contributed by atoms with Crippen LogP contribution in [0.25, 0.3) is 11.1 Å². The smallest absolute Gasteiger partial charge is 0.408 e. The molecule has 0 unspecified atom stereocenters. The highest BCUT2D eigenvalue weighted by atomic mass is 16.5. The van der Waals surface area contributed by atoms with E-state index in [0.717, 1.165) is 22.3 Å². The number of hydrogen-bond acceptors (Lipinski definition) is 4. The Bertz CT molecular complexity index is 775. The Kier molecular flexibility index (Phi) is 4.46.